The van der Waals surface area contributed by atoms with Gasteiger partial charge in [-0.25, -0.2) is 4.39 Å². The molecule has 0 saturated carbocycles. The molecule has 2 rings (SSSR count). The summed E-state index contributed by atoms with van der Waals surface area (Å²) in [6.45, 7) is 0.419. The van der Waals surface area contributed by atoms with Crippen LogP contribution in [0.5, 0.6) is 0 Å². The Morgan fingerprint density at radius 2 is 1.89 bits per heavy atom. The van der Waals surface area contributed by atoms with Gasteiger partial charge in [-0.1, -0.05) is 12.1 Å². The molecule has 0 atom stereocenters. The van der Waals surface area contributed by atoms with Gasteiger partial charge in [-0.3, -0.25) is 0 Å². The number of benzene rings is 2. The van der Waals surface area contributed by atoms with Crippen molar-refractivity contribution >= 4 is 11.4 Å². The molecule has 0 aliphatic carbocycles. The largest absolute Gasteiger partial charge is 0.396 e. The van der Waals surface area contributed by atoms with Crippen molar-refractivity contribution in [3.05, 3.63) is 59.4 Å². The summed E-state index contributed by atoms with van der Waals surface area (Å²) in [5.41, 5.74) is 7.77. The van der Waals surface area contributed by atoms with Gasteiger partial charge in [0, 0.05) is 24.8 Å². The molecule has 0 amide bonds. The van der Waals surface area contributed by atoms with Crippen LogP contribution in [0.25, 0.3) is 0 Å². The first-order valence-corrected chi connectivity index (χ1v) is 5.86. The highest BCUT2D eigenvalue weighted by molar-refractivity contribution is 5.50. The summed E-state index contributed by atoms with van der Waals surface area (Å²) in [5.74, 6) is -0.372. The van der Waals surface area contributed by atoms with Crippen LogP contribution < -0.4 is 10.6 Å². The third-order valence-corrected chi connectivity index (χ3v) is 2.95. The molecule has 0 fully saturated rings. The minimum Gasteiger partial charge on any atom is -0.396 e. The van der Waals surface area contributed by atoms with Crippen molar-refractivity contribution in [2.24, 2.45) is 0 Å². The van der Waals surface area contributed by atoms with Crippen LogP contribution in [-0.4, -0.2) is 7.05 Å². The highest BCUT2D eigenvalue weighted by Crippen LogP contribution is 2.20. The van der Waals surface area contributed by atoms with Gasteiger partial charge >= 0.3 is 0 Å². The summed E-state index contributed by atoms with van der Waals surface area (Å²) in [7, 11) is 1.87. The van der Waals surface area contributed by atoms with Gasteiger partial charge in [0.2, 0.25) is 0 Å². The number of nitrogen functional groups attached to an aromatic ring is 1. The fourth-order valence-electron chi connectivity index (χ4n) is 1.86. The Hall–Kier alpha value is -2.54. The van der Waals surface area contributed by atoms with E-state index in [1.165, 1.54) is 0 Å². The second-order valence-electron chi connectivity index (χ2n) is 4.34. The smallest absolute Gasteiger partial charge is 0.151 e. The predicted octanol–water partition coefficient (Wildman–Crippen LogP) is 2.92. The number of halogens is 1. The lowest BCUT2D eigenvalue weighted by Gasteiger charge is -2.20. The molecule has 2 aromatic rings. The van der Waals surface area contributed by atoms with Crippen molar-refractivity contribution in [2.45, 2.75) is 6.54 Å². The first kappa shape index (κ1) is 12.9. The van der Waals surface area contributed by atoms with Crippen LogP contribution in [0.3, 0.4) is 0 Å². The van der Waals surface area contributed by atoms with Crippen molar-refractivity contribution in [2.75, 3.05) is 17.7 Å². The summed E-state index contributed by atoms with van der Waals surface area (Å²) >= 11 is 0. The fraction of sp³-hybridized carbons (Fsp3) is 0.133. The van der Waals surface area contributed by atoms with Gasteiger partial charge in [-0.2, -0.15) is 5.26 Å². The van der Waals surface area contributed by atoms with Crippen LogP contribution in [0.15, 0.2) is 42.5 Å². The summed E-state index contributed by atoms with van der Waals surface area (Å²) in [5, 5.41) is 8.74. The molecule has 0 aliphatic rings. The van der Waals surface area contributed by atoms with E-state index >= 15 is 0 Å². The standard InChI is InChI=1S/C15H14FN3/c1-19(13-7-5-11(9-17)6-8-13)10-12-3-2-4-14(18)15(12)16/h2-8H,10,18H2,1H3. The highest BCUT2D eigenvalue weighted by Gasteiger charge is 2.08. The van der Waals surface area contributed by atoms with Crippen molar-refractivity contribution in [3.8, 4) is 6.07 Å². The number of rotatable bonds is 3. The number of hydrogen-bond acceptors (Lipinski definition) is 3. The van der Waals surface area contributed by atoms with Crippen LogP contribution in [-0.2, 0) is 6.54 Å². The van der Waals surface area contributed by atoms with Gasteiger partial charge in [0.05, 0.1) is 17.3 Å². The molecule has 4 heteroatoms. The number of nitrogens with two attached hydrogens (primary N) is 1. The molecule has 2 aromatic carbocycles. The summed E-state index contributed by atoms with van der Waals surface area (Å²) < 4.78 is 13.8. The van der Waals surface area contributed by atoms with Crippen LogP contribution >= 0.6 is 0 Å². The normalized spacial score (nSPS) is 9.95. The third-order valence-electron chi connectivity index (χ3n) is 2.95. The molecule has 0 bridgehead atoms. The number of hydrogen-bond donors (Lipinski definition) is 1. The number of anilines is 2. The lowest BCUT2D eigenvalue weighted by Crippen LogP contribution is -2.17. The van der Waals surface area contributed by atoms with Crippen LogP contribution in [0.2, 0.25) is 0 Å². The topological polar surface area (TPSA) is 53.0 Å². The second-order valence-corrected chi connectivity index (χ2v) is 4.34. The monoisotopic (exact) mass is 255 g/mol. The molecular weight excluding hydrogens is 241 g/mol. The van der Waals surface area contributed by atoms with Crippen LogP contribution in [0.4, 0.5) is 15.8 Å². The molecule has 3 nitrogen and oxygen atoms in total. The van der Waals surface area contributed by atoms with E-state index in [0.717, 1.165) is 5.69 Å². The zero-order chi connectivity index (χ0) is 13.8. The maximum Gasteiger partial charge on any atom is 0.151 e. The second kappa shape index (κ2) is 5.40. The molecule has 0 saturated heterocycles. The lowest BCUT2D eigenvalue weighted by atomic mass is 10.1. The lowest BCUT2D eigenvalue weighted by molar-refractivity contribution is 0.612. The van der Waals surface area contributed by atoms with Gasteiger partial charge in [0.25, 0.3) is 0 Å². The predicted molar refractivity (Wildman–Crippen MR) is 74.1 cm³/mol. The average molecular weight is 255 g/mol. The third kappa shape index (κ3) is 2.83. The zero-order valence-electron chi connectivity index (χ0n) is 10.6. The molecule has 0 spiro atoms. The van der Waals surface area contributed by atoms with Crippen LogP contribution in [0, 0.1) is 17.1 Å². The van der Waals surface area contributed by atoms with E-state index in [-0.39, 0.29) is 11.5 Å². The Morgan fingerprint density at radius 1 is 1.21 bits per heavy atom. The van der Waals surface area contributed by atoms with E-state index in [1.54, 1.807) is 30.3 Å². The average Bonchev–Trinajstić information content (AvgIpc) is 2.44. The van der Waals surface area contributed by atoms with Gasteiger partial charge in [-0.05, 0) is 30.3 Å². The van der Waals surface area contributed by atoms with E-state index < -0.39 is 0 Å². The highest BCUT2D eigenvalue weighted by atomic mass is 19.1. The number of nitrogens with zero attached hydrogens (tertiary/aromatic N) is 2. The fourth-order valence-corrected chi connectivity index (χ4v) is 1.86. The van der Waals surface area contributed by atoms with Crippen molar-refractivity contribution in [1.29, 1.82) is 5.26 Å². The van der Waals surface area contributed by atoms with Gasteiger partial charge in [-0.15, -0.1) is 0 Å². The minimum absolute atomic E-state index is 0.158. The SMILES string of the molecule is CN(Cc1cccc(N)c1F)c1ccc(C#N)cc1. The quantitative estimate of drug-likeness (QED) is 0.858. The molecule has 0 radical (unpaired) electrons. The molecule has 96 valence electrons. The maximum absolute atomic E-state index is 13.8. The van der Waals surface area contributed by atoms with E-state index in [1.807, 2.05) is 24.1 Å². The van der Waals surface area contributed by atoms with Crippen molar-refractivity contribution < 1.29 is 4.39 Å². The Morgan fingerprint density at radius 3 is 2.53 bits per heavy atom. The van der Waals surface area contributed by atoms with Gasteiger partial charge in [0.15, 0.2) is 5.82 Å². The molecule has 0 heterocycles. The summed E-state index contributed by atoms with van der Waals surface area (Å²) in [4.78, 5) is 1.90. The molecule has 2 N–H and O–H groups in total. The van der Waals surface area contributed by atoms with E-state index in [2.05, 4.69) is 6.07 Å². The molecule has 0 aliphatic heterocycles. The Bertz CT molecular complexity index is 614. The van der Waals surface area contributed by atoms with Crippen LogP contribution in [0.1, 0.15) is 11.1 Å². The minimum atomic E-state index is -0.372. The first-order valence-electron chi connectivity index (χ1n) is 5.86. The number of nitriles is 1. The van der Waals surface area contributed by atoms with Crippen molar-refractivity contribution in [3.63, 3.8) is 0 Å². The van der Waals surface area contributed by atoms with Gasteiger partial charge < -0.3 is 10.6 Å². The zero-order valence-corrected chi connectivity index (χ0v) is 10.6. The van der Waals surface area contributed by atoms with Crippen molar-refractivity contribution in [1.82, 2.24) is 0 Å². The first-order chi connectivity index (χ1) is 9.11. The summed E-state index contributed by atoms with van der Waals surface area (Å²) in [6.07, 6.45) is 0. The molecule has 19 heavy (non-hydrogen) atoms. The maximum atomic E-state index is 13.8. The molecule has 0 aromatic heterocycles. The molecular formula is C15H14FN3. The Balaban J connectivity index is 2.18. The Kier molecular flexibility index (Phi) is 3.67. The summed E-state index contributed by atoms with van der Waals surface area (Å²) in [6, 6.07) is 14.2. The Labute approximate surface area is 111 Å². The molecule has 0 unspecified atom stereocenters. The van der Waals surface area contributed by atoms with Gasteiger partial charge in [0.1, 0.15) is 0 Å². The van der Waals surface area contributed by atoms with E-state index in [9.17, 15) is 4.39 Å². The van der Waals surface area contributed by atoms with E-state index in [4.69, 9.17) is 11.0 Å². The van der Waals surface area contributed by atoms with E-state index in [0.29, 0.717) is 17.7 Å².